The summed E-state index contributed by atoms with van der Waals surface area (Å²) in [6, 6.07) is 7.74. The second kappa shape index (κ2) is 4.32. The maximum Gasteiger partial charge on any atom is 0.0963 e. The Bertz CT molecular complexity index is 283. The van der Waals surface area contributed by atoms with Crippen molar-refractivity contribution in [2.75, 3.05) is 0 Å². The van der Waals surface area contributed by atoms with Crippen molar-refractivity contribution in [2.24, 2.45) is 11.7 Å². The molecule has 0 saturated carbocycles. The highest BCUT2D eigenvalue weighted by molar-refractivity contribution is 5.76. The Labute approximate surface area is 69.4 Å². The molecule has 0 saturated heterocycles. The molecule has 2 rings (SSSR count). The molecule has 0 amide bonds. The first-order chi connectivity index (χ1) is 5.97. The summed E-state index contributed by atoms with van der Waals surface area (Å²) < 4.78 is 0. The summed E-state index contributed by atoms with van der Waals surface area (Å²) in [6.45, 7) is 0. The molecule has 1 heterocycles. The molecule has 5 heteroatoms. The minimum Gasteiger partial charge on any atom is -0.274 e. The molecule has 2 aromatic rings. The molecule has 0 fully saturated rings. The molecule has 0 aliphatic heterocycles. The van der Waals surface area contributed by atoms with Gasteiger partial charge in [-0.2, -0.15) is 0 Å². The van der Waals surface area contributed by atoms with Crippen LogP contribution in [0.3, 0.4) is 0 Å². The van der Waals surface area contributed by atoms with Crippen molar-refractivity contribution in [1.82, 2.24) is 15.4 Å². The number of aromatic nitrogens is 3. The van der Waals surface area contributed by atoms with Crippen LogP contribution in [0.4, 0.5) is 0 Å². The van der Waals surface area contributed by atoms with Gasteiger partial charge in [0, 0.05) is 5.39 Å². The van der Waals surface area contributed by atoms with Crippen molar-refractivity contribution in [2.45, 2.75) is 0 Å². The van der Waals surface area contributed by atoms with Crippen molar-refractivity contribution < 1.29 is 0 Å². The van der Waals surface area contributed by atoms with Gasteiger partial charge in [-0.05, 0) is 11.3 Å². The fourth-order valence-corrected chi connectivity index (χ4v) is 0.850. The lowest BCUT2D eigenvalue weighted by molar-refractivity contribution is 0.895. The van der Waals surface area contributed by atoms with E-state index in [1.165, 1.54) is 0 Å². The summed E-state index contributed by atoms with van der Waals surface area (Å²) in [7, 11) is 0. The number of nitrogens with two attached hydrogens (primary N) is 2. The first kappa shape index (κ1) is 8.51. The number of fused-ring (bicyclic) bond motifs is 1. The molecule has 0 radical (unpaired) electrons. The molecular weight excluding hydrogens is 154 g/mol. The summed E-state index contributed by atoms with van der Waals surface area (Å²) in [5.41, 5.74) is 0.887. The lowest BCUT2D eigenvalue weighted by Crippen LogP contribution is -2.02. The third kappa shape index (κ3) is 1.71. The van der Waals surface area contributed by atoms with E-state index in [-0.39, 0.29) is 0 Å². The Hall–Kier alpha value is -1.59. The molecular formula is C7H9N5. The monoisotopic (exact) mass is 163 g/mol. The van der Waals surface area contributed by atoms with Gasteiger partial charge < -0.3 is 0 Å². The molecule has 0 aliphatic rings. The quantitative estimate of drug-likeness (QED) is 0.416. The molecule has 5 nitrogen and oxygen atoms in total. The van der Waals surface area contributed by atoms with Crippen LogP contribution >= 0.6 is 0 Å². The van der Waals surface area contributed by atoms with Crippen molar-refractivity contribution in [3.63, 3.8) is 0 Å². The lowest BCUT2D eigenvalue weighted by atomic mass is 10.2. The van der Waals surface area contributed by atoms with Crippen LogP contribution in [0.1, 0.15) is 0 Å². The first-order valence-electron chi connectivity index (χ1n) is 3.33. The summed E-state index contributed by atoms with van der Waals surface area (Å²) in [6.07, 6.45) is 1.70. The van der Waals surface area contributed by atoms with Gasteiger partial charge >= 0.3 is 0 Å². The molecule has 12 heavy (non-hydrogen) atoms. The molecule has 0 aliphatic carbocycles. The van der Waals surface area contributed by atoms with Crippen molar-refractivity contribution in [1.29, 1.82) is 0 Å². The predicted molar refractivity (Wildman–Crippen MR) is 45.7 cm³/mol. The minimum atomic E-state index is 0.887. The van der Waals surface area contributed by atoms with Gasteiger partial charge in [-0.3, -0.25) is 11.7 Å². The van der Waals surface area contributed by atoms with Crippen molar-refractivity contribution in [3.05, 3.63) is 30.5 Å². The van der Waals surface area contributed by atoms with Gasteiger partial charge in [0.25, 0.3) is 0 Å². The highest BCUT2D eigenvalue weighted by atomic mass is 15.3. The van der Waals surface area contributed by atoms with Crippen molar-refractivity contribution >= 4 is 10.9 Å². The molecule has 62 valence electrons. The zero-order valence-electron chi connectivity index (χ0n) is 6.38. The molecule has 1 aromatic carbocycles. The van der Waals surface area contributed by atoms with Gasteiger partial charge in [0.05, 0.1) is 11.7 Å². The number of hydrazine groups is 1. The predicted octanol–water partition coefficient (Wildman–Crippen LogP) is -0.156. The number of nitrogens with zero attached hydrogens (tertiary/aromatic N) is 3. The maximum atomic E-state index is 4.00. The molecule has 0 atom stereocenters. The number of benzene rings is 1. The summed E-state index contributed by atoms with van der Waals surface area (Å²) in [5, 5.41) is 12.0. The smallest absolute Gasteiger partial charge is 0.0963 e. The van der Waals surface area contributed by atoms with Crippen LogP contribution in [0.25, 0.3) is 10.9 Å². The fraction of sp³-hybridized carbons (Fsp3) is 0. The summed E-state index contributed by atoms with van der Waals surface area (Å²) in [4.78, 5) is 0. The topological polar surface area (TPSA) is 90.7 Å². The second-order valence-electron chi connectivity index (χ2n) is 1.99. The Kier molecular flexibility index (Phi) is 3.06. The Morgan fingerprint density at radius 2 is 1.83 bits per heavy atom. The molecule has 4 N–H and O–H groups in total. The number of hydrogen-bond donors (Lipinski definition) is 2. The van der Waals surface area contributed by atoms with E-state index in [4.69, 9.17) is 0 Å². The van der Waals surface area contributed by atoms with Crippen LogP contribution in [0.15, 0.2) is 30.5 Å². The Balaban J connectivity index is 0.000000336. The molecule has 0 unspecified atom stereocenters. The van der Waals surface area contributed by atoms with Crippen molar-refractivity contribution in [3.8, 4) is 0 Å². The van der Waals surface area contributed by atoms with E-state index in [9.17, 15) is 0 Å². The van der Waals surface area contributed by atoms with E-state index in [2.05, 4.69) is 27.1 Å². The first-order valence-corrected chi connectivity index (χ1v) is 3.33. The summed E-state index contributed by atoms with van der Waals surface area (Å²) in [5.74, 6) is 8.00. The van der Waals surface area contributed by atoms with Crippen LogP contribution in [0.2, 0.25) is 0 Å². The summed E-state index contributed by atoms with van der Waals surface area (Å²) >= 11 is 0. The second-order valence-corrected chi connectivity index (χ2v) is 1.99. The number of hydrogen-bond acceptors (Lipinski definition) is 5. The van der Waals surface area contributed by atoms with Crippen LogP contribution in [0.5, 0.6) is 0 Å². The largest absolute Gasteiger partial charge is 0.274 e. The van der Waals surface area contributed by atoms with Crippen LogP contribution < -0.4 is 11.7 Å². The van der Waals surface area contributed by atoms with Gasteiger partial charge in [0.15, 0.2) is 0 Å². The highest BCUT2D eigenvalue weighted by Gasteiger charge is 1.88. The van der Waals surface area contributed by atoms with Gasteiger partial charge in [0.1, 0.15) is 0 Å². The van der Waals surface area contributed by atoms with Gasteiger partial charge in [-0.25, -0.2) is 0 Å². The Morgan fingerprint density at radius 1 is 1.08 bits per heavy atom. The SMILES string of the molecule is NN.c1ccc2nnncc2c1. The van der Waals surface area contributed by atoms with Crippen LogP contribution in [-0.2, 0) is 0 Å². The van der Waals surface area contributed by atoms with E-state index in [0.29, 0.717) is 0 Å². The van der Waals surface area contributed by atoms with E-state index in [1.54, 1.807) is 6.20 Å². The van der Waals surface area contributed by atoms with Gasteiger partial charge in [-0.1, -0.05) is 18.2 Å². The van der Waals surface area contributed by atoms with E-state index in [0.717, 1.165) is 10.9 Å². The molecule has 0 bridgehead atoms. The van der Waals surface area contributed by atoms with E-state index >= 15 is 0 Å². The zero-order chi connectivity index (χ0) is 8.81. The zero-order valence-corrected chi connectivity index (χ0v) is 6.38. The van der Waals surface area contributed by atoms with E-state index in [1.807, 2.05) is 24.3 Å². The Morgan fingerprint density at radius 3 is 2.58 bits per heavy atom. The maximum absolute atomic E-state index is 4.00. The minimum absolute atomic E-state index is 0.887. The molecule has 0 spiro atoms. The van der Waals surface area contributed by atoms with Crippen LogP contribution in [0, 0.1) is 0 Å². The third-order valence-electron chi connectivity index (χ3n) is 1.34. The highest BCUT2D eigenvalue weighted by Crippen LogP contribution is 2.05. The normalized spacial score (nSPS) is 8.83. The van der Waals surface area contributed by atoms with Gasteiger partial charge in [-0.15, -0.1) is 10.2 Å². The average Bonchev–Trinajstić information content (AvgIpc) is 2.21. The van der Waals surface area contributed by atoms with Crippen LogP contribution in [-0.4, -0.2) is 15.4 Å². The number of rotatable bonds is 0. The fourth-order valence-electron chi connectivity index (χ4n) is 0.850. The standard InChI is InChI=1S/C7H5N3.H4N2/c1-2-4-7-6(3-1)5-8-10-9-7;1-2/h1-5H;1-2H2. The van der Waals surface area contributed by atoms with E-state index < -0.39 is 0 Å². The lowest BCUT2D eigenvalue weighted by Gasteiger charge is -1.89. The third-order valence-corrected chi connectivity index (χ3v) is 1.34. The molecule has 1 aromatic heterocycles. The average molecular weight is 163 g/mol. The van der Waals surface area contributed by atoms with Gasteiger partial charge in [0.2, 0.25) is 0 Å².